The van der Waals surface area contributed by atoms with Gasteiger partial charge in [-0.2, -0.15) is 4.31 Å². The Kier molecular flexibility index (Phi) is 5.05. The van der Waals surface area contributed by atoms with Crippen molar-refractivity contribution in [3.05, 3.63) is 29.8 Å². The molecule has 2 unspecified atom stereocenters. The molecular weight excluding hydrogens is 308 g/mol. The summed E-state index contributed by atoms with van der Waals surface area (Å²) in [6.45, 7) is 0.308. The number of hydrogen-bond acceptors (Lipinski definition) is 5. The zero-order valence-corrected chi connectivity index (χ0v) is 13.1. The summed E-state index contributed by atoms with van der Waals surface area (Å²) in [5.41, 5.74) is 0.949. The number of benzene rings is 1. The highest BCUT2D eigenvalue weighted by Gasteiger charge is 2.40. The van der Waals surface area contributed by atoms with E-state index in [0.717, 1.165) is 16.1 Å². The Morgan fingerprint density at radius 3 is 2.59 bits per heavy atom. The van der Waals surface area contributed by atoms with E-state index in [1.807, 2.05) is 0 Å². The first-order valence-electron chi connectivity index (χ1n) is 6.98. The number of nitrogens with one attached hydrogen (secondary N) is 1. The predicted molar refractivity (Wildman–Crippen MR) is 80.8 cm³/mol. The number of phenolic OH excluding ortho intramolecular Hbond substituents is 1. The van der Waals surface area contributed by atoms with E-state index in [-0.39, 0.29) is 18.7 Å². The second-order valence-electron chi connectivity index (χ2n) is 5.45. The van der Waals surface area contributed by atoms with Gasteiger partial charge in [-0.15, -0.1) is 0 Å². The predicted octanol–water partition coefficient (Wildman–Crippen LogP) is -0.554. The maximum absolute atomic E-state index is 12.1. The van der Waals surface area contributed by atoms with Crippen LogP contribution < -0.4 is 5.32 Å². The van der Waals surface area contributed by atoms with E-state index in [2.05, 4.69) is 5.32 Å². The Morgan fingerprint density at radius 1 is 1.36 bits per heavy atom. The lowest BCUT2D eigenvalue weighted by Crippen LogP contribution is -2.45. The van der Waals surface area contributed by atoms with Gasteiger partial charge in [0.25, 0.3) is 0 Å². The van der Waals surface area contributed by atoms with Crippen LogP contribution in [0.5, 0.6) is 5.75 Å². The van der Waals surface area contributed by atoms with Crippen molar-refractivity contribution in [1.29, 1.82) is 0 Å². The van der Waals surface area contributed by atoms with Gasteiger partial charge in [0.2, 0.25) is 15.9 Å². The van der Waals surface area contributed by atoms with Gasteiger partial charge in [-0.25, -0.2) is 8.42 Å². The van der Waals surface area contributed by atoms with E-state index in [1.165, 1.54) is 0 Å². The number of carbonyl (C=O) groups is 1. The molecule has 1 fully saturated rings. The van der Waals surface area contributed by atoms with E-state index in [1.54, 1.807) is 24.3 Å². The van der Waals surface area contributed by atoms with Crippen molar-refractivity contribution < 1.29 is 23.4 Å². The van der Waals surface area contributed by atoms with Gasteiger partial charge in [0.15, 0.2) is 0 Å². The number of amides is 1. The van der Waals surface area contributed by atoms with Crippen LogP contribution in [0, 0.1) is 0 Å². The largest absolute Gasteiger partial charge is 0.508 e. The van der Waals surface area contributed by atoms with Gasteiger partial charge in [-0.3, -0.25) is 4.79 Å². The lowest BCUT2D eigenvalue weighted by Gasteiger charge is -2.20. The summed E-state index contributed by atoms with van der Waals surface area (Å²) in [5.74, 6) is -0.225. The summed E-state index contributed by atoms with van der Waals surface area (Å²) in [6.07, 6.45) is 0.891. The monoisotopic (exact) mass is 328 g/mol. The maximum atomic E-state index is 12.1. The quantitative estimate of drug-likeness (QED) is 0.672. The van der Waals surface area contributed by atoms with E-state index >= 15 is 0 Å². The molecule has 122 valence electrons. The summed E-state index contributed by atoms with van der Waals surface area (Å²) in [6, 6.07) is 5.78. The molecule has 2 atom stereocenters. The Bertz CT molecular complexity index is 629. The smallest absolute Gasteiger partial charge is 0.238 e. The second kappa shape index (κ2) is 6.64. The number of nitrogens with zero attached hydrogens (tertiary/aromatic N) is 1. The summed E-state index contributed by atoms with van der Waals surface area (Å²) in [7, 11) is -3.53. The Labute approximate surface area is 129 Å². The number of rotatable bonds is 5. The van der Waals surface area contributed by atoms with E-state index in [0.29, 0.717) is 13.0 Å². The SMILES string of the molecule is CS(=O)(=O)N1CC(O)CC1C(=O)NCCc1ccc(O)cc1. The zero-order chi connectivity index (χ0) is 16.3. The summed E-state index contributed by atoms with van der Waals surface area (Å²) in [5, 5.41) is 21.5. The molecular formula is C14H20N2O5S. The van der Waals surface area contributed by atoms with Gasteiger partial charge >= 0.3 is 0 Å². The van der Waals surface area contributed by atoms with Crippen LogP contribution in [0.1, 0.15) is 12.0 Å². The molecule has 1 amide bonds. The average Bonchev–Trinajstić information content (AvgIpc) is 2.83. The number of hydrogen-bond donors (Lipinski definition) is 3. The highest BCUT2D eigenvalue weighted by molar-refractivity contribution is 7.88. The molecule has 1 heterocycles. The first-order chi connectivity index (χ1) is 10.3. The van der Waals surface area contributed by atoms with Crippen LogP contribution >= 0.6 is 0 Å². The number of aliphatic hydroxyl groups is 1. The van der Waals surface area contributed by atoms with Crippen molar-refractivity contribution >= 4 is 15.9 Å². The summed E-state index contributed by atoms with van der Waals surface area (Å²) >= 11 is 0. The molecule has 8 heteroatoms. The van der Waals surface area contributed by atoms with Crippen molar-refractivity contribution in [2.75, 3.05) is 19.3 Å². The number of carbonyl (C=O) groups excluding carboxylic acids is 1. The molecule has 3 N–H and O–H groups in total. The fourth-order valence-electron chi connectivity index (χ4n) is 2.50. The first kappa shape index (κ1) is 16.7. The number of sulfonamides is 1. The molecule has 0 aliphatic carbocycles. The molecule has 0 saturated carbocycles. The third-order valence-electron chi connectivity index (χ3n) is 3.61. The molecule has 1 aliphatic heterocycles. The van der Waals surface area contributed by atoms with E-state index < -0.39 is 28.1 Å². The molecule has 0 spiro atoms. The third kappa shape index (κ3) is 4.19. The van der Waals surface area contributed by atoms with E-state index in [9.17, 15) is 23.4 Å². The van der Waals surface area contributed by atoms with Gasteiger partial charge in [0.1, 0.15) is 11.8 Å². The molecule has 1 aromatic rings. The van der Waals surface area contributed by atoms with Crippen molar-refractivity contribution in [3.63, 3.8) is 0 Å². The minimum absolute atomic E-state index is 0.0467. The van der Waals surface area contributed by atoms with Crippen LogP contribution in [0.4, 0.5) is 0 Å². The number of phenols is 1. The summed E-state index contributed by atoms with van der Waals surface area (Å²) < 4.78 is 24.3. The van der Waals surface area contributed by atoms with Gasteiger partial charge in [-0.1, -0.05) is 12.1 Å². The molecule has 1 saturated heterocycles. The minimum Gasteiger partial charge on any atom is -0.508 e. The lowest BCUT2D eigenvalue weighted by atomic mass is 10.1. The van der Waals surface area contributed by atoms with Crippen LogP contribution in [-0.4, -0.2) is 60.3 Å². The van der Waals surface area contributed by atoms with Crippen LogP contribution in [0.3, 0.4) is 0 Å². The lowest BCUT2D eigenvalue weighted by molar-refractivity contribution is -0.124. The Hall–Kier alpha value is -1.64. The number of β-amino-alcohol motifs (C(OH)–C–C–N with tert-alkyl or cyclic N) is 1. The molecule has 2 rings (SSSR count). The molecule has 22 heavy (non-hydrogen) atoms. The van der Waals surface area contributed by atoms with Crippen LogP contribution in [0.2, 0.25) is 0 Å². The van der Waals surface area contributed by atoms with Crippen LogP contribution in [0.25, 0.3) is 0 Å². The van der Waals surface area contributed by atoms with Crippen LogP contribution in [-0.2, 0) is 21.2 Å². The highest BCUT2D eigenvalue weighted by Crippen LogP contribution is 2.21. The molecule has 1 aliphatic rings. The third-order valence-corrected chi connectivity index (χ3v) is 4.87. The van der Waals surface area contributed by atoms with E-state index in [4.69, 9.17) is 0 Å². The minimum atomic E-state index is -3.53. The van der Waals surface area contributed by atoms with Gasteiger partial charge in [0, 0.05) is 19.5 Å². The standard InChI is InChI=1S/C14H20N2O5S/c1-22(20,21)16-9-12(18)8-13(16)14(19)15-7-6-10-2-4-11(17)5-3-10/h2-5,12-13,17-18H,6-9H2,1H3,(H,15,19). The molecule has 0 aromatic heterocycles. The first-order valence-corrected chi connectivity index (χ1v) is 8.82. The molecule has 0 radical (unpaired) electrons. The van der Waals surface area contributed by atoms with Crippen molar-refractivity contribution in [2.24, 2.45) is 0 Å². The van der Waals surface area contributed by atoms with Crippen molar-refractivity contribution in [2.45, 2.75) is 25.0 Å². The normalized spacial score (nSPS) is 22.6. The molecule has 0 bridgehead atoms. The van der Waals surface area contributed by atoms with Gasteiger partial charge in [0.05, 0.1) is 12.4 Å². The second-order valence-corrected chi connectivity index (χ2v) is 7.38. The molecule has 1 aromatic carbocycles. The number of aromatic hydroxyl groups is 1. The fourth-order valence-corrected chi connectivity index (χ4v) is 3.59. The van der Waals surface area contributed by atoms with Gasteiger partial charge in [-0.05, 0) is 24.1 Å². The zero-order valence-electron chi connectivity index (χ0n) is 12.3. The fraction of sp³-hybridized carbons (Fsp3) is 0.500. The Balaban J connectivity index is 1.90. The van der Waals surface area contributed by atoms with Crippen LogP contribution in [0.15, 0.2) is 24.3 Å². The highest BCUT2D eigenvalue weighted by atomic mass is 32.2. The topological polar surface area (TPSA) is 107 Å². The summed E-state index contributed by atoms with van der Waals surface area (Å²) in [4.78, 5) is 12.1. The van der Waals surface area contributed by atoms with Crippen molar-refractivity contribution in [1.82, 2.24) is 9.62 Å². The average molecular weight is 328 g/mol. The number of aliphatic hydroxyl groups excluding tert-OH is 1. The molecule has 7 nitrogen and oxygen atoms in total. The Morgan fingerprint density at radius 2 is 2.00 bits per heavy atom. The maximum Gasteiger partial charge on any atom is 0.238 e. The van der Waals surface area contributed by atoms with Crippen molar-refractivity contribution in [3.8, 4) is 5.75 Å². The van der Waals surface area contributed by atoms with Gasteiger partial charge < -0.3 is 15.5 Å².